The van der Waals surface area contributed by atoms with Crippen LogP contribution in [0.3, 0.4) is 0 Å². The molecule has 0 bridgehead atoms. The van der Waals surface area contributed by atoms with E-state index in [-0.39, 0.29) is 0 Å². The molecule has 0 aromatic heterocycles. The van der Waals surface area contributed by atoms with Crippen molar-refractivity contribution < 1.29 is 14.7 Å². The van der Waals surface area contributed by atoms with Crippen molar-refractivity contribution >= 4 is 22.1 Å². The number of benzene rings is 1. The number of halogens is 1. The van der Waals surface area contributed by atoms with Crippen molar-refractivity contribution in [3.63, 3.8) is 0 Å². The van der Waals surface area contributed by atoms with Crippen LogP contribution in [0.5, 0.6) is 11.5 Å². The Hall–Kier alpha value is -1.23. The normalized spacial score (nSPS) is 14.6. The molecule has 0 fully saturated rings. The van der Waals surface area contributed by atoms with Crippen LogP contribution in [0.4, 0.5) is 0 Å². The highest BCUT2D eigenvalue weighted by Gasteiger charge is 2.20. The zero-order valence-corrected chi connectivity index (χ0v) is 10.5. The number of methoxy groups -OCH3 is 1. The summed E-state index contributed by atoms with van der Waals surface area (Å²) in [6, 6.07) is 1.79. The third-order valence-electron chi connectivity index (χ3n) is 2.54. The van der Waals surface area contributed by atoms with Crippen molar-refractivity contribution in [1.29, 1.82) is 0 Å². The van der Waals surface area contributed by atoms with Crippen molar-refractivity contribution in [3.05, 3.63) is 21.7 Å². The van der Waals surface area contributed by atoms with Crippen molar-refractivity contribution in [3.8, 4) is 11.5 Å². The fourth-order valence-corrected chi connectivity index (χ4v) is 2.47. The molecule has 2 rings (SSSR count). The van der Waals surface area contributed by atoms with Gasteiger partial charge in [-0.2, -0.15) is 0 Å². The first-order valence-electron chi connectivity index (χ1n) is 4.97. The Morgan fingerprint density at radius 2 is 2.44 bits per heavy atom. The summed E-state index contributed by atoms with van der Waals surface area (Å²) in [5.41, 5.74) is 1.80. The number of nitrogens with zero attached hydrogens (tertiary/aromatic N) is 1. The second-order valence-electron chi connectivity index (χ2n) is 3.49. The maximum atomic E-state index is 8.62. The van der Waals surface area contributed by atoms with Crippen molar-refractivity contribution in [1.82, 2.24) is 0 Å². The summed E-state index contributed by atoms with van der Waals surface area (Å²) >= 11 is 3.50. The van der Waals surface area contributed by atoms with Gasteiger partial charge in [0.25, 0.3) is 0 Å². The molecule has 4 nitrogen and oxygen atoms in total. The maximum absolute atomic E-state index is 8.62. The van der Waals surface area contributed by atoms with E-state index in [0.717, 1.165) is 39.9 Å². The average molecular weight is 286 g/mol. The summed E-state index contributed by atoms with van der Waals surface area (Å²) in [6.07, 6.45) is 3.27. The van der Waals surface area contributed by atoms with Gasteiger partial charge in [0.1, 0.15) is 11.5 Å². The van der Waals surface area contributed by atoms with Gasteiger partial charge in [-0.3, -0.25) is 0 Å². The lowest BCUT2D eigenvalue weighted by atomic mass is 10.0. The van der Waals surface area contributed by atoms with E-state index in [1.807, 2.05) is 0 Å². The van der Waals surface area contributed by atoms with Crippen LogP contribution in [-0.2, 0) is 6.42 Å². The molecule has 0 saturated carbocycles. The molecule has 16 heavy (non-hydrogen) atoms. The monoisotopic (exact) mass is 285 g/mol. The smallest absolute Gasteiger partial charge is 0.134 e. The Labute approximate surface area is 102 Å². The molecule has 1 N–H and O–H groups in total. The van der Waals surface area contributed by atoms with Crippen molar-refractivity contribution in [2.45, 2.75) is 12.8 Å². The zero-order chi connectivity index (χ0) is 11.5. The molecule has 0 spiro atoms. The fourth-order valence-electron chi connectivity index (χ4n) is 1.82. The SMILES string of the molecule is COc1cc(/C=N/O)c2c(c1Br)CCCO2. The minimum atomic E-state index is 0.692. The largest absolute Gasteiger partial charge is 0.496 e. The Kier molecular flexibility index (Phi) is 3.33. The zero-order valence-electron chi connectivity index (χ0n) is 8.86. The quantitative estimate of drug-likeness (QED) is 0.516. The lowest BCUT2D eigenvalue weighted by Crippen LogP contribution is -2.11. The molecule has 0 radical (unpaired) electrons. The molecular weight excluding hydrogens is 274 g/mol. The van der Waals surface area contributed by atoms with Crippen LogP contribution in [0.25, 0.3) is 0 Å². The highest BCUT2D eigenvalue weighted by atomic mass is 79.9. The molecule has 5 heteroatoms. The Bertz CT molecular complexity index is 432. The number of ether oxygens (including phenoxy) is 2. The predicted octanol–water partition coefficient (Wildman–Crippen LogP) is 2.59. The summed E-state index contributed by atoms with van der Waals surface area (Å²) in [7, 11) is 1.61. The predicted molar refractivity (Wildman–Crippen MR) is 63.9 cm³/mol. The van der Waals surface area contributed by atoms with E-state index in [0.29, 0.717) is 6.61 Å². The molecule has 1 aromatic carbocycles. The maximum Gasteiger partial charge on any atom is 0.134 e. The third kappa shape index (κ3) is 1.87. The summed E-state index contributed by atoms with van der Waals surface area (Å²) in [6.45, 7) is 0.692. The van der Waals surface area contributed by atoms with Gasteiger partial charge < -0.3 is 14.7 Å². The summed E-state index contributed by atoms with van der Waals surface area (Å²) in [4.78, 5) is 0. The van der Waals surface area contributed by atoms with Crippen molar-refractivity contribution in [2.75, 3.05) is 13.7 Å². The molecule has 0 aliphatic carbocycles. The summed E-state index contributed by atoms with van der Waals surface area (Å²) in [5, 5.41) is 11.7. The number of hydrogen-bond acceptors (Lipinski definition) is 4. The number of oxime groups is 1. The molecule has 1 aromatic rings. The van der Waals surface area contributed by atoms with Gasteiger partial charge in [-0.1, -0.05) is 5.16 Å². The Balaban J connectivity index is 2.61. The number of rotatable bonds is 2. The summed E-state index contributed by atoms with van der Waals surface area (Å²) in [5.74, 6) is 1.50. The molecule has 1 aliphatic rings. The van der Waals surface area contributed by atoms with E-state index < -0.39 is 0 Å². The first-order chi connectivity index (χ1) is 7.77. The van der Waals surface area contributed by atoms with Crippen LogP contribution in [-0.4, -0.2) is 25.1 Å². The van der Waals surface area contributed by atoms with Gasteiger partial charge in [0.2, 0.25) is 0 Å². The summed E-state index contributed by atoms with van der Waals surface area (Å²) < 4.78 is 11.8. The second-order valence-corrected chi connectivity index (χ2v) is 4.28. The topological polar surface area (TPSA) is 51.0 Å². The lowest BCUT2D eigenvalue weighted by molar-refractivity contribution is 0.285. The van der Waals surface area contributed by atoms with Crippen LogP contribution in [0.15, 0.2) is 15.7 Å². The highest BCUT2D eigenvalue weighted by molar-refractivity contribution is 9.10. The molecule has 0 unspecified atom stereocenters. The minimum Gasteiger partial charge on any atom is -0.496 e. The standard InChI is InChI=1S/C11H12BrNO3/c1-15-9-5-7(6-13-14)11-8(10(9)12)3-2-4-16-11/h5-6,14H,2-4H2,1H3/b13-6+. The van der Waals surface area contributed by atoms with E-state index in [2.05, 4.69) is 21.1 Å². The van der Waals surface area contributed by atoms with Gasteiger partial charge in [-0.25, -0.2) is 0 Å². The Morgan fingerprint density at radius 3 is 3.12 bits per heavy atom. The van der Waals surface area contributed by atoms with Crippen LogP contribution in [0, 0.1) is 0 Å². The minimum absolute atomic E-state index is 0.692. The molecule has 1 aliphatic heterocycles. The van der Waals surface area contributed by atoms with Gasteiger partial charge in [-0.05, 0) is 34.8 Å². The van der Waals surface area contributed by atoms with Gasteiger partial charge in [0.05, 0.1) is 24.4 Å². The van der Waals surface area contributed by atoms with E-state index in [4.69, 9.17) is 14.7 Å². The molecule has 1 heterocycles. The molecule has 0 amide bonds. The van der Waals surface area contributed by atoms with Crippen LogP contribution >= 0.6 is 15.9 Å². The number of fused-ring (bicyclic) bond motifs is 1. The third-order valence-corrected chi connectivity index (χ3v) is 3.41. The number of hydrogen-bond donors (Lipinski definition) is 1. The van der Waals surface area contributed by atoms with E-state index in [1.165, 1.54) is 6.21 Å². The second kappa shape index (κ2) is 4.74. The average Bonchev–Trinajstić information content (AvgIpc) is 2.33. The van der Waals surface area contributed by atoms with Crippen LogP contribution in [0.1, 0.15) is 17.5 Å². The highest BCUT2D eigenvalue weighted by Crippen LogP contribution is 2.40. The van der Waals surface area contributed by atoms with Gasteiger partial charge in [0, 0.05) is 11.1 Å². The van der Waals surface area contributed by atoms with Crippen LogP contribution in [0.2, 0.25) is 0 Å². The van der Waals surface area contributed by atoms with E-state index >= 15 is 0 Å². The lowest BCUT2D eigenvalue weighted by Gasteiger charge is -2.21. The van der Waals surface area contributed by atoms with Crippen LogP contribution < -0.4 is 9.47 Å². The molecular formula is C11H12BrNO3. The van der Waals surface area contributed by atoms with Gasteiger partial charge in [0.15, 0.2) is 0 Å². The first kappa shape index (κ1) is 11.3. The molecule has 86 valence electrons. The van der Waals surface area contributed by atoms with E-state index in [1.54, 1.807) is 13.2 Å². The van der Waals surface area contributed by atoms with Crippen molar-refractivity contribution in [2.24, 2.45) is 5.16 Å². The Morgan fingerprint density at radius 1 is 1.62 bits per heavy atom. The van der Waals surface area contributed by atoms with E-state index in [9.17, 15) is 0 Å². The molecule has 0 atom stereocenters. The fraction of sp³-hybridized carbons (Fsp3) is 0.364. The molecule has 0 saturated heterocycles. The first-order valence-corrected chi connectivity index (χ1v) is 5.76. The van der Waals surface area contributed by atoms with Gasteiger partial charge >= 0.3 is 0 Å². The van der Waals surface area contributed by atoms with Gasteiger partial charge in [-0.15, -0.1) is 0 Å².